The number of amides is 1. The molecule has 1 aliphatic heterocycles. The summed E-state index contributed by atoms with van der Waals surface area (Å²) in [7, 11) is 1.84. The van der Waals surface area contributed by atoms with Gasteiger partial charge in [0.15, 0.2) is 0 Å². The van der Waals surface area contributed by atoms with Crippen molar-refractivity contribution >= 4 is 29.7 Å². The van der Waals surface area contributed by atoms with E-state index in [0.717, 1.165) is 5.56 Å². The lowest BCUT2D eigenvalue weighted by molar-refractivity contribution is -0.150. The second-order valence-corrected chi connectivity index (χ2v) is 10.5. The Balaban J connectivity index is 1.23. The average molecular weight is 628 g/mol. The summed E-state index contributed by atoms with van der Waals surface area (Å²) in [6.07, 6.45) is -1.03. The van der Waals surface area contributed by atoms with Crippen LogP contribution in [0.1, 0.15) is 41.6 Å². The van der Waals surface area contributed by atoms with Gasteiger partial charge >= 0.3 is 17.8 Å². The Morgan fingerprint density at radius 1 is 1.02 bits per heavy atom. The van der Waals surface area contributed by atoms with E-state index in [2.05, 4.69) is 15.3 Å². The number of esters is 1. The van der Waals surface area contributed by atoms with E-state index in [9.17, 15) is 19.2 Å². The Hall–Kier alpha value is -5.56. The molecular formula is C33H33N5O8. The van der Waals surface area contributed by atoms with Gasteiger partial charge in [-0.2, -0.15) is 4.98 Å². The molecule has 1 aliphatic rings. The summed E-state index contributed by atoms with van der Waals surface area (Å²) in [5, 5.41) is 2.59. The third-order valence-corrected chi connectivity index (χ3v) is 7.17. The van der Waals surface area contributed by atoms with E-state index < -0.39 is 48.3 Å². The highest BCUT2D eigenvalue weighted by Gasteiger charge is 2.40. The van der Waals surface area contributed by atoms with Crippen LogP contribution in [0.15, 0.2) is 102 Å². The number of aromatic nitrogens is 3. The van der Waals surface area contributed by atoms with Gasteiger partial charge < -0.3 is 29.2 Å². The third kappa shape index (κ3) is 8.33. The van der Waals surface area contributed by atoms with Crippen molar-refractivity contribution in [3.8, 4) is 0 Å². The summed E-state index contributed by atoms with van der Waals surface area (Å²) in [6, 6.07) is 24.7. The van der Waals surface area contributed by atoms with Crippen LogP contribution in [-0.4, -0.2) is 65.0 Å². The maximum Gasteiger partial charge on any atom is 0.509 e. The molecule has 1 saturated heterocycles. The summed E-state index contributed by atoms with van der Waals surface area (Å²) in [6.45, 7) is 1.24. The molecule has 4 atom stereocenters. The predicted octanol–water partition coefficient (Wildman–Crippen LogP) is 4.14. The Labute approximate surface area is 264 Å². The smallest absolute Gasteiger partial charge is 0.459 e. The molecule has 0 spiro atoms. The predicted molar refractivity (Wildman–Crippen MR) is 166 cm³/mol. The van der Waals surface area contributed by atoms with Gasteiger partial charge in [-0.05, 0) is 35.9 Å². The number of nitrogens with one attached hydrogen (secondary N) is 1. The van der Waals surface area contributed by atoms with Gasteiger partial charge in [-0.3, -0.25) is 14.2 Å². The molecule has 0 bridgehead atoms. The Morgan fingerprint density at radius 2 is 1.74 bits per heavy atom. The highest BCUT2D eigenvalue weighted by molar-refractivity contribution is 6.03. The van der Waals surface area contributed by atoms with Gasteiger partial charge in [0.05, 0.1) is 6.54 Å². The molecule has 13 nitrogen and oxygen atoms in total. The van der Waals surface area contributed by atoms with Crippen LogP contribution < -0.4 is 15.9 Å². The molecule has 1 fully saturated rings. The Bertz CT molecular complexity index is 1690. The van der Waals surface area contributed by atoms with Gasteiger partial charge in [0.1, 0.15) is 42.8 Å². The van der Waals surface area contributed by atoms with Crippen LogP contribution in [0.4, 0.5) is 16.4 Å². The fourth-order valence-electron chi connectivity index (χ4n) is 4.94. The number of anilines is 2. The normalized spacial score (nSPS) is 17.8. The first-order valence-corrected chi connectivity index (χ1v) is 14.6. The van der Waals surface area contributed by atoms with Crippen LogP contribution in [0, 0.1) is 0 Å². The third-order valence-electron chi connectivity index (χ3n) is 7.17. The lowest BCUT2D eigenvalue weighted by Crippen LogP contribution is -2.33. The summed E-state index contributed by atoms with van der Waals surface area (Å²) in [4.78, 5) is 60.3. The maximum atomic E-state index is 12.9. The second kappa shape index (κ2) is 14.9. The number of carbonyl (C=O) groups is 3. The monoisotopic (exact) mass is 627 g/mol. The fourth-order valence-corrected chi connectivity index (χ4v) is 4.94. The van der Waals surface area contributed by atoms with Gasteiger partial charge in [-0.25, -0.2) is 14.6 Å². The molecule has 4 aromatic rings. The molecule has 5 rings (SSSR count). The number of likely N-dealkylation sites (N-methyl/N-ethyl adjacent to an activating group) is 1. The molecular weight excluding hydrogens is 594 g/mol. The van der Waals surface area contributed by atoms with Gasteiger partial charge in [-0.1, -0.05) is 54.6 Å². The molecule has 1 N–H and O–H groups in total. The number of hydrogen-bond acceptors (Lipinski definition) is 11. The Kier molecular flexibility index (Phi) is 10.4. The first kappa shape index (κ1) is 31.9. The minimum atomic E-state index is -0.950. The minimum Gasteiger partial charge on any atom is -0.459 e. The number of rotatable bonds is 11. The number of carbonyl (C=O) groups excluding carboxylic acids is 3. The van der Waals surface area contributed by atoms with Crippen molar-refractivity contribution in [2.24, 2.45) is 0 Å². The maximum absolute atomic E-state index is 12.9. The van der Waals surface area contributed by atoms with Gasteiger partial charge in [-0.15, -0.1) is 0 Å². The van der Waals surface area contributed by atoms with Crippen molar-refractivity contribution < 1.29 is 33.3 Å². The number of nitrogens with zero attached hydrogens (tertiary/aromatic N) is 4. The zero-order chi connectivity index (χ0) is 32.5. The lowest BCUT2D eigenvalue weighted by atomic mass is 10.1. The Morgan fingerprint density at radius 3 is 2.41 bits per heavy atom. The highest BCUT2D eigenvalue weighted by atomic mass is 16.7. The molecule has 0 radical (unpaired) electrons. The summed E-state index contributed by atoms with van der Waals surface area (Å²) >= 11 is 0. The van der Waals surface area contributed by atoms with Crippen molar-refractivity contribution in [1.82, 2.24) is 14.5 Å². The van der Waals surface area contributed by atoms with Crippen LogP contribution in [-0.2, 0) is 23.7 Å². The number of benzene rings is 2. The van der Waals surface area contributed by atoms with Crippen LogP contribution in [0.5, 0.6) is 0 Å². The van der Waals surface area contributed by atoms with E-state index in [4.69, 9.17) is 18.9 Å². The van der Waals surface area contributed by atoms with E-state index >= 15 is 0 Å². The minimum absolute atomic E-state index is 0.0638. The first-order chi connectivity index (χ1) is 22.3. The van der Waals surface area contributed by atoms with Crippen molar-refractivity contribution in [3.63, 3.8) is 0 Å². The lowest BCUT2D eigenvalue weighted by Gasteiger charge is -2.25. The second-order valence-electron chi connectivity index (χ2n) is 10.5. The first-order valence-electron chi connectivity index (χ1n) is 14.6. The number of ether oxygens (including phenoxy) is 4. The zero-order valence-corrected chi connectivity index (χ0v) is 25.2. The van der Waals surface area contributed by atoms with Crippen LogP contribution >= 0.6 is 0 Å². The van der Waals surface area contributed by atoms with Gasteiger partial charge in [0.25, 0.3) is 5.91 Å². The number of pyridine rings is 1. The van der Waals surface area contributed by atoms with Crippen molar-refractivity contribution in [2.75, 3.05) is 30.4 Å². The molecule has 1 amide bonds. The molecule has 46 heavy (non-hydrogen) atoms. The molecule has 3 heterocycles. The van der Waals surface area contributed by atoms with E-state index in [0.29, 0.717) is 17.9 Å². The van der Waals surface area contributed by atoms with Crippen LogP contribution in [0.25, 0.3) is 0 Å². The quantitative estimate of drug-likeness (QED) is 0.239. The SMILES string of the molecule is CC(=O)O[C@H]1C[C@H](n2ccc(NC(=O)c3ccccc3)nc2=O)O[C@@H]1COC(=O)OC(CN(C)c1ccccn1)c1ccccc1. The molecule has 0 saturated carbocycles. The van der Waals surface area contributed by atoms with Crippen LogP contribution in [0.3, 0.4) is 0 Å². The number of hydrogen-bond donors (Lipinski definition) is 1. The summed E-state index contributed by atoms with van der Waals surface area (Å²) in [5.74, 6) is -0.215. The molecule has 2 aromatic carbocycles. The van der Waals surface area contributed by atoms with Gasteiger partial charge in [0, 0.05) is 38.3 Å². The van der Waals surface area contributed by atoms with Crippen LogP contribution in [0.2, 0.25) is 0 Å². The standard InChI is InChI=1S/C33H33N5O8/c1-22(39)44-25-19-30(38-18-16-28(36-32(38)41)35-31(40)24-13-7-4-8-14-24)45-27(25)21-43-33(42)46-26(23-11-5-3-6-12-23)20-37(2)29-15-9-10-17-34-29/h3-18,25-27,30H,19-21H2,1-2H3,(H,35,36,40,41)/t25-,26?,27+,30+/m0/s1. The summed E-state index contributed by atoms with van der Waals surface area (Å²) in [5.41, 5.74) is 0.474. The van der Waals surface area contributed by atoms with E-state index in [-0.39, 0.29) is 18.8 Å². The van der Waals surface area contributed by atoms with Crippen molar-refractivity contribution in [2.45, 2.75) is 37.9 Å². The van der Waals surface area contributed by atoms with E-state index in [1.807, 2.05) is 60.5 Å². The molecule has 1 unspecified atom stereocenters. The van der Waals surface area contributed by atoms with Crippen molar-refractivity contribution in [1.29, 1.82) is 0 Å². The molecule has 0 aliphatic carbocycles. The molecule has 2 aromatic heterocycles. The topological polar surface area (TPSA) is 151 Å². The molecule has 13 heteroatoms. The van der Waals surface area contributed by atoms with E-state index in [1.165, 1.54) is 23.8 Å². The largest absolute Gasteiger partial charge is 0.509 e. The summed E-state index contributed by atoms with van der Waals surface area (Å²) < 4.78 is 23.8. The fraction of sp³-hybridized carbons (Fsp3) is 0.273. The molecule has 238 valence electrons. The highest BCUT2D eigenvalue weighted by Crippen LogP contribution is 2.31. The average Bonchev–Trinajstić information content (AvgIpc) is 3.46. The zero-order valence-electron chi connectivity index (χ0n) is 25.2. The van der Waals surface area contributed by atoms with Gasteiger partial charge in [0.2, 0.25) is 0 Å². The van der Waals surface area contributed by atoms with Crippen molar-refractivity contribution in [3.05, 3.63) is 119 Å². The van der Waals surface area contributed by atoms with E-state index in [1.54, 1.807) is 36.5 Å².